The Kier molecular flexibility index (Phi) is 9.15. The van der Waals surface area contributed by atoms with Gasteiger partial charge in [-0.15, -0.1) is 0 Å². The predicted octanol–water partition coefficient (Wildman–Crippen LogP) is 10.0. The van der Waals surface area contributed by atoms with E-state index in [1.54, 1.807) is 6.07 Å². The monoisotopic (exact) mass is 642 g/mol. The van der Waals surface area contributed by atoms with Crippen LogP contribution in [0, 0.1) is 46.3 Å². The zero-order valence-electron chi connectivity index (χ0n) is 29.7. The highest BCUT2D eigenvalue weighted by Gasteiger charge is 2.59. The Morgan fingerprint density at radius 1 is 0.979 bits per heavy atom. The van der Waals surface area contributed by atoms with Crippen LogP contribution in [-0.2, 0) is 22.4 Å². The third kappa shape index (κ3) is 6.12. The summed E-state index contributed by atoms with van der Waals surface area (Å²) in [5, 5.41) is 0.976. The summed E-state index contributed by atoms with van der Waals surface area (Å²) in [5.74, 6) is 5.15. The van der Waals surface area contributed by atoms with Gasteiger partial charge in [-0.3, -0.25) is 0 Å². The number of carbonyl (C=O) groups is 1. The largest absolute Gasteiger partial charge is 0.482 e. The maximum atomic E-state index is 13.0. The van der Waals surface area contributed by atoms with E-state index in [1.165, 1.54) is 56.9 Å². The van der Waals surface area contributed by atoms with Gasteiger partial charge in [-0.05, 0) is 135 Å². The van der Waals surface area contributed by atoms with Gasteiger partial charge in [0.1, 0.15) is 17.4 Å². The van der Waals surface area contributed by atoms with Crippen molar-refractivity contribution in [2.75, 3.05) is 6.61 Å². The first-order valence-corrected chi connectivity index (χ1v) is 19.2. The molecule has 5 aliphatic carbocycles. The minimum atomic E-state index is -0.326. The lowest BCUT2D eigenvalue weighted by atomic mass is 9.47. The molecule has 2 aromatic rings. The third-order valence-corrected chi connectivity index (χ3v) is 14.1. The molecule has 0 N–H and O–H groups in total. The number of hydrogen-bond donors (Lipinski definition) is 0. The van der Waals surface area contributed by atoms with E-state index in [1.807, 2.05) is 12.1 Å². The van der Waals surface area contributed by atoms with Crippen molar-refractivity contribution in [2.45, 2.75) is 137 Å². The van der Waals surface area contributed by atoms with Crippen LogP contribution in [0.3, 0.4) is 0 Å². The van der Waals surface area contributed by atoms with Crippen molar-refractivity contribution in [3.63, 3.8) is 0 Å². The zero-order valence-corrected chi connectivity index (χ0v) is 29.7. The van der Waals surface area contributed by atoms with E-state index in [4.69, 9.17) is 13.9 Å². The number of allylic oxidation sites excluding steroid dienone is 1. The molecule has 1 heterocycles. The molecule has 7 rings (SSSR count). The van der Waals surface area contributed by atoms with E-state index in [2.05, 4.69) is 40.7 Å². The van der Waals surface area contributed by atoms with Crippen molar-refractivity contribution in [2.24, 2.45) is 46.3 Å². The highest BCUT2D eigenvalue weighted by molar-refractivity contribution is 5.83. The maximum Gasteiger partial charge on any atom is 0.344 e. The molecule has 8 atom stereocenters. The van der Waals surface area contributed by atoms with Gasteiger partial charge in [-0.25, -0.2) is 9.59 Å². The van der Waals surface area contributed by atoms with Gasteiger partial charge < -0.3 is 13.9 Å². The van der Waals surface area contributed by atoms with Gasteiger partial charge in [0.05, 0.1) is 0 Å². The van der Waals surface area contributed by atoms with Gasteiger partial charge in [0.15, 0.2) is 6.61 Å². The molecule has 5 aliphatic rings. The average molecular weight is 643 g/mol. The number of aryl methyl sites for hydroxylation is 1. The van der Waals surface area contributed by atoms with Crippen molar-refractivity contribution in [3.8, 4) is 5.75 Å². The van der Waals surface area contributed by atoms with Crippen LogP contribution < -0.4 is 10.4 Å². The van der Waals surface area contributed by atoms with Crippen LogP contribution in [0.15, 0.2) is 39.1 Å². The fourth-order valence-corrected chi connectivity index (χ4v) is 11.6. The Labute approximate surface area is 282 Å². The van der Waals surface area contributed by atoms with Crippen LogP contribution >= 0.6 is 0 Å². The number of esters is 1. The van der Waals surface area contributed by atoms with E-state index < -0.39 is 0 Å². The second-order valence-electron chi connectivity index (χ2n) is 17.1. The third-order valence-electron chi connectivity index (χ3n) is 14.1. The summed E-state index contributed by atoms with van der Waals surface area (Å²) in [6.07, 6.45) is 20.1. The lowest BCUT2D eigenvalue weighted by Crippen LogP contribution is -2.51. The molecule has 256 valence electrons. The molecular weight excluding hydrogens is 584 g/mol. The number of fused-ring (bicyclic) bond motifs is 8. The normalized spacial score (nSPS) is 33.7. The molecule has 0 amide bonds. The number of carbonyl (C=O) groups excluding carboxylic acids is 1. The smallest absolute Gasteiger partial charge is 0.344 e. The Balaban J connectivity index is 0.953. The first-order chi connectivity index (χ1) is 22.6. The van der Waals surface area contributed by atoms with Gasteiger partial charge in [-0.1, -0.05) is 65.5 Å². The van der Waals surface area contributed by atoms with Crippen LogP contribution in [0.25, 0.3) is 11.0 Å². The lowest BCUT2D eigenvalue weighted by Gasteiger charge is -2.58. The molecule has 0 unspecified atom stereocenters. The van der Waals surface area contributed by atoms with Crippen LogP contribution in [0.2, 0.25) is 0 Å². The molecule has 0 radical (unpaired) electrons. The minimum Gasteiger partial charge on any atom is -0.482 e. The van der Waals surface area contributed by atoms with E-state index in [9.17, 15) is 9.59 Å². The zero-order chi connectivity index (χ0) is 32.9. The molecule has 1 aromatic carbocycles. The average Bonchev–Trinajstić information content (AvgIpc) is 3.41. The fourth-order valence-electron chi connectivity index (χ4n) is 11.6. The highest BCUT2D eigenvalue weighted by Crippen LogP contribution is 2.67. The van der Waals surface area contributed by atoms with Crippen molar-refractivity contribution < 1.29 is 18.7 Å². The molecule has 3 saturated carbocycles. The SMILES string of the molecule is CC(C)CCC[C@@H](C)[C@@H]1CC[C@@H]2[C@@H]3CC=C4C[C@@H](OC(=O)COc5ccc6c7c(c(=O)oc6c5)CCCC7)CC[C@]4(C)[C@@H]3CC[C@@]21C. The summed E-state index contributed by atoms with van der Waals surface area (Å²) in [6.45, 7) is 12.3. The van der Waals surface area contributed by atoms with Crippen molar-refractivity contribution >= 4 is 16.9 Å². The molecule has 3 fully saturated rings. The summed E-state index contributed by atoms with van der Waals surface area (Å²) in [4.78, 5) is 25.5. The Morgan fingerprint density at radius 2 is 1.79 bits per heavy atom. The van der Waals surface area contributed by atoms with Gasteiger partial charge in [0.25, 0.3) is 0 Å². The number of rotatable bonds is 9. The van der Waals surface area contributed by atoms with Crippen LogP contribution in [0.5, 0.6) is 5.75 Å². The van der Waals surface area contributed by atoms with Gasteiger partial charge >= 0.3 is 11.6 Å². The fraction of sp³-hybridized carbons (Fsp3) is 0.714. The number of benzene rings is 1. The minimum absolute atomic E-state index is 0.0838. The van der Waals surface area contributed by atoms with Gasteiger partial charge in [0.2, 0.25) is 0 Å². The molecule has 0 saturated heterocycles. The standard InChI is InChI=1S/C42H58O5/c1-26(2)9-8-10-27(3)35-17-18-36-34-15-13-28-23-30(19-21-41(28,4)37(34)20-22-42(35,36)5)46-39(43)25-45-29-14-16-32-31-11-6-7-12-33(31)40(44)47-38(32)24-29/h13-14,16,24,26-27,30,34-37H,6-12,15,17-23,25H2,1-5H3/t27-,30+,34+,35+,36-,37-,41+,42-/m1/s1. The molecule has 0 bridgehead atoms. The van der Waals surface area contributed by atoms with Crippen molar-refractivity contribution in [1.82, 2.24) is 0 Å². The quantitative estimate of drug-likeness (QED) is 0.155. The summed E-state index contributed by atoms with van der Waals surface area (Å²) >= 11 is 0. The molecule has 0 spiro atoms. The highest BCUT2D eigenvalue weighted by atomic mass is 16.6. The first-order valence-electron chi connectivity index (χ1n) is 19.2. The lowest BCUT2D eigenvalue weighted by molar-refractivity contribution is -0.153. The number of ether oxygens (including phenoxy) is 2. The van der Waals surface area contributed by atoms with Gasteiger partial charge in [-0.2, -0.15) is 0 Å². The Morgan fingerprint density at radius 3 is 2.60 bits per heavy atom. The Hall–Kier alpha value is -2.56. The predicted molar refractivity (Wildman–Crippen MR) is 188 cm³/mol. The summed E-state index contributed by atoms with van der Waals surface area (Å²) in [7, 11) is 0. The van der Waals surface area contributed by atoms with E-state index in [0.717, 1.165) is 97.0 Å². The van der Waals surface area contributed by atoms with Crippen molar-refractivity contribution in [1.29, 1.82) is 0 Å². The summed E-state index contributed by atoms with van der Waals surface area (Å²) in [6, 6.07) is 5.57. The molecule has 0 aliphatic heterocycles. The van der Waals surface area contributed by atoms with Crippen molar-refractivity contribution in [3.05, 3.63) is 51.4 Å². The molecule has 5 heteroatoms. The summed E-state index contributed by atoms with van der Waals surface area (Å²) in [5.41, 5.74) is 4.49. The molecule has 1 aromatic heterocycles. The van der Waals surface area contributed by atoms with E-state index in [-0.39, 0.29) is 29.7 Å². The molecule has 47 heavy (non-hydrogen) atoms. The molecule has 5 nitrogen and oxygen atoms in total. The number of hydrogen-bond acceptors (Lipinski definition) is 5. The van der Waals surface area contributed by atoms with E-state index in [0.29, 0.717) is 16.7 Å². The van der Waals surface area contributed by atoms with Crippen LogP contribution in [-0.4, -0.2) is 18.7 Å². The van der Waals surface area contributed by atoms with Gasteiger partial charge in [0, 0.05) is 23.4 Å². The second-order valence-corrected chi connectivity index (χ2v) is 17.1. The van der Waals surface area contributed by atoms with Crippen LogP contribution in [0.1, 0.15) is 129 Å². The summed E-state index contributed by atoms with van der Waals surface area (Å²) < 4.78 is 17.5. The Bertz CT molecular complexity index is 1570. The first kappa shape index (κ1) is 33.0. The van der Waals surface area contributed by atoms with E-state index >= 15 is 0 Å². The molecular formula is C42H58O5. The topological polar surface area (TPSA) is 65.7 Å². The second kappa shape index (κ2) is 13.0. The maximum absolute atomic E-state index is 13.0. The van der Waals surface area contributed by atoms with Crippen LogP contribution in [0.4, 0.5) is 0 Å².